The van der Waals surface area contributed by atoms with E-state index < -0.39 is 17.7 Å². The number of methoxy groups -OCH3 is 1. The van der Waals surface area contributed by atoms with Gasteiger partial charge in [-0.25, -0.2) is 19.6 Å². The number of amides is 1. The maximum absolute atomic E-state index is 12.1. The predicted octanol–water partition coefficient (Wildman–Crippen LogP) is 3.56. The maximum atomic E-state index is 12.1. The Hall–Kier alpha value is -2.32. The van der Waals surface area contributed by atoms with Crippen LogP contribution >= 0.6 is 23.2 Å². The lowest BCUT2D eigenvalue weighted by atomic mass is 10.2. The van der Waals surface area contributed by atoms with E-state index in [1.807, 2.05) is 0 Å². The van der Waals surface area contributed by atoms with E-state index in [0.717, 1.165) is 0 Å². The van der Waals surface area contributed by atoms with E-state index in [4.69, 9.17) is 32.7 Å². The molecule has 2 aromatic rings. The monoisotopic (exact) mass is 414 g/mol. The fourth-order valence-electron chi connectivity index (χ4n) is 2.24. The summed E-state index contributed by atoms with van der Waals surface area (Å²) >= 11 is 12.0. The molecule has 2 aromatic heterocycles. The molecule has 1 N–H and O–H groups in total. The van der Waals surface area contributed by atoms with Gasteiger partial charge in [0.25, 0.3) is 0 Å². The van der Waals surface area contributed by atoms with Gasteiger partial charge in [-0.1, -0.05) is 11.6 Å². The number of hydrogen-bond acceptors (Lipinski definition) is 6. The van der Waals surface area contributed by atoms with Gasteiger partial charge in [-0.15, -0.1) is 0 Å². The number of nitrogens with one attached hydrogen (secondary N) is 1. The molecule has 2 heterocycles. The summed E-state index contributed by atoms with van der Waals surface area (Å²) in [5.41, 5.74) is 0.650. The number of carbonyl (C=O) groups is 2. The van der Waals surface area contributed by atoms with E-state index in [2.05, 4.69) is 15.3 Å². The van der Waals surface area contributed by atoms with Crippen molar-refractivity contribution in [2.24, 2.45) is 0 Å². The topological polar surface area (TPSA) is 95.3 Å². The second-order valence-electron chi connectivity index (χ2n) is 6.56. The second kappa shape index (κ2) is 8.58. The smallest absolute Gasteiger partial charge is 0.407 e. The second-order valence-corrected chi connectivity index (χ2v) is 7.31. The Balaban J connectivity index is 2.20. The first-order chi connectivity index (χ1) is 12.6. The SMILES string of the molecule is COC(=O)c1cc(-c2nc(Cl)ncc2Cl)cn1CCNC(=O)OC(C)(C)C. The van der Waals surface area contributed by atoms with Gasteiger partial charge in [0.05, 0.1) is 24.0 Å². The summed E-state index contributed by atoms with van der Waals surface area (Å²) in [5.74, 6) is -0.533. The van der Waals surface area contributed by atoms with Crippen molar-refractivity contribution in [2.45, 2.75) is 32.9 Å². The largest absolute Gasteiger partial charge is 0.464 e. The van der Waals surface area contributed by atoms with Gasteiger partial charge in [0.2, 0.25) is 5.28 Å². The van der Waals surface area contributed by atoms with Gasteiger partial charge in [0, 0.05) is 24.8 Å². The molecule has 0 radical (unpaired) electrons. The highest BCUT2D eigenvalue weighted by atomic mass is 35.5. The number of ether oxygens (including phenoxy) is 2. The predicted molar refractivity (Wildman–Crippen MR) is 101 cm³/mol. The minimum atomic E-state index is -0.592. The van der Waals surface area contributed by atoms with Crippen LogP contribution in [0.3, 0.4) is 0 Å². The summed E-state index contributed by atoms with van der Waals surface area (Å²) in [6.07, 6.45) is 2.51. The number of aromatic nitrogens is 3. The van der Waals surface area contributed by atoms with Crippen molar-refractivity contribution in [2.75, 3.05) is 13.7 Å². The third-order valence-electron chi connectivity index (χ3n) is 3.30. The summed E-state index contributed by atoms with van der Waals surface area (Å²) in [4.78, 5) is 31.7. The number of rotatable bonds is 5. The molecule has 0 atom stereocenters. The molecule has 0 aliphatic heterocycles. The van der Waals surface area contributed by atoms with Crippen LogP contribution in [0.5, 0.6) is 0 Å². The van der Waals surface area contributed by atoms with E-state index in [-0.39, 0.29) is 17.5 Å². The average Bonchev–Trinajstić information content (AvgIpc) is 2.98. The van der Waals surface area contributed by atoms with Gasteiger partial charge in [0.1, 0.15) is 11.3 Å². The van der Waals surface area contributed by atoms with Crippen molar-refractivity contribution in [1.29, 1.82) is 0 Å². The van der Waals surface area contributed by atoms with Crippen LogP contribution in [0.1, 0.15) is 31.3 Å². The quantitative estimate of drug-likeness (QED) is 0.593. The zero-order valence-corrected chi connectivity index (χ0v) is 16.9. The number of alkyl carbamates (subject to hydrolysis) is 1. The lowest BCUT2D eigenvalue weighted by molar-refractivity contribution is 0.0526. The zero-order chi connectivity index (χ0) is 20.2. The van der Waals surface area contributed by atoms with Crippen molar-refractivity contribution < 1.29 is 19.1 Å². The van der Waals surface area contributed by atoms with Crippen LogP contribution in [0.2, 0.25) is 10.3 Å². The van der Waals surface area contributed by atoms with E-state index in [1.165, 1.54) is 13.3 Å². The molecule has 0 saturated heterocycles. The molecule has 2 rings (SSSR count). The Morgan fingerprint density at radius 1 is 1.30 bits per heavy atom. The molecule has 0 unspecified atom stereocenters. The Labute approximate surface area is 166 Å². The first-order valence-corrected chi connectivity index (χ1v) is 8.80. The van der Waals surface area contributed by atoms with Crippen molar-refractivity contribution in [3.8, 4) is 11.3 Å². The van der Waals surface area contributed by atoms with Crippen LogP contribution in [0.15, 0.2) is 18.5 Å². The van der Waals surface area contributed by atoms with Crippen molar-refractivity contribution in [3.63, 3.8) is 0 Å². The molecule has 8 nitrogen and oxygen atoms in total. The highest BCUT2D eigenvalue weighted by molar-refractivity contribution is 6.33. The number of halogens is 2. The summed E-state index contributed by atoms with van der Waals surface area (Å²) in [5, 5.41) is 2.96. The Morgan fingerprint density at radius 2 is 2.00 bits per heavy atom. The summed E-state index contributed by atoms with van der Waals surface area (Å²) in [6, 6.07) is 1.59. The molecule has 0 aromatic carbocycles. The van der Waals surface area contributed by atoms with Gasteiger partial charge in [-0.3, -0.25) is 0 Å². The molecule has 0 fully saturated rings. The molecule has 0 saturated carbocycles. The molecular weight excluding hydrogens is 395 g/mol. The maximum Gasteiger partial charge on any atom is 0.407 e. The Bertz CT molecular complexity index is 846. The van der Waals surface area contributed by atoms with Gasteiger partial charge in [-0.2, -0.15) is 0 Å². The summed E-state index contributed by atoms with van der Waals surface area (Å²) in [6.45, 7) is 5.87. The number of hydrogen-bond donors (Lipinski definition) is 1. The van der Waals surface area contributed by atoms with Crippen LogP contribution in [-0.2, 0) is 16.0 Å². The van der Waals surface area contributed by atoms with E-state index in [0.29, 0.717) is 22.8 Å². The molecule has 0 aliphatic carbocycles. The first kappa shape index (κ1) is 21.0. The molecule has 0 aliphatic rings. The molecule has 146 valence electrons. The molecule has 1 amide bonds. The fraction of sp³-hybridized carbons (Fsp3) is 0.412. The number of carbonyl (C=O) groups excluding carboxylic acids is 2. The van der Waals surface area contributed by atoms with Gasteiger partial charge in [0.15, 0.2) is 0 Å². The lowest BCUT2D eigenvalue weighted by Crippen LogP contribution is -2.34. The van der Waals surface area contributed by atoms with Crippen LogP contribution in [0.25, 0.3) is 11.3 Å². The van der Waals surface area contributed by atoms with E-state index in [9.17, 15) is 9.59 Å². The standard InChI is InChI=1S/C17H20Cl2N4O4/c1-17(2,3)27-16(25)20-5-6-23-9-10(7-12(23)14(24)26-4)13-11(18)8-21-15(19)22-13/h7-9H,5-6H2,1-4H3,(H,20,25). The van der Waals surface area contributed by atoms with Crippen molar-refractivity contribution in [1.82, 2.24) is 19.9 Å². The third-order valence-corrected chi connectivity index (χ3v) is 3.76. The van der Waals surface area contributed by atoms with E-state index in [1.54, 1.807) is 37.6 Å². The minimum absolute atomic E-state index is 0.0355. The van der Waals surface area contributed by atoms with Crippen LogP contribution in [0.4, 0.5) is 4.79 Å². The van der Waals surface area contributed by atoms with Crippen molar-refractivity contribution >= 4 is 35.3 Å². The lowest BCUT2D eigenvalue weighted by Gasteiger charge is -2.19. The molecular formula is C17H20Cl2N4O4. The first-order valence-electron chi connectivity index (χ1n) is 8.04. The molecule has 10 heteroatoms. The Kier molecular flexibility index (Phi) is 6.67. The fourth-order valence-corrected chi connectivity index (χ4v) is 2.57. The third kappa shape index (κ3) is 5.83. The van der Waals surface area contributed by atoms with E-state index >= 15 is 0 Å². The number of nitrogens with zero attached hydrogens (tertiary/aromatic N) is 3. The molecule has 27 heavy (non-hydrogen) atoms. The summed E-state index contributed by atoms with van der Waals surface area (Å²) < 4.78 is 11.6. The van der Waals surface area contributed by atoms with Crippen molar-refractivity contribution in [3.05, 3.63) is 34.5 Å². The average molecular weight is 415 g/mol. The van der Waals surface area contributed by atoms with Crippen LogP contribution < -0.4 is 5.32 Å². The zero-order valence-electron chi connectivity index (χ0n) is 15.4. The minimum Gasteiger partial charge on any atom is -0.464 e. The Morgan fingerprint density at radius 3 is 2.63 bits per heavy atom. The summed E-state index contributed by atoms with van der Waals surface area (Å²) in [7, 11) is 1.28. The normalized spacial score (nSPS) is 11.2. The highest BCUT2D eigenvalue weighted by Crippen LogP contribution is 2.28. The van der Waals surface area contributed by atoms with Gasteiger partial charge >= 0.3 is 12.1 Å². The molecule has 0 spiro atoms. The highest BCUT2D eigenvalue weighted by Gasteiger charge is 2.19. The molecule has 0 bridgehead atoms. The number of esters is 1. The van der Waals surface area contributed by atoms with Gasteiger partial charge in [-0.05, 0) is 38.4 Å². The van der Waals surface area contributed by atoms with Gasteiger partial charge < -0.3 is 19.4 Å². The van der Waals surface area contributed by atoms with Crippen LogP contribution in [-0.4, -0.2) is 45.9 Å². The van der Waals surface area contributed by atoms with Crippen LogP contribution in [0, 0.1) is 0 Å².